The zero-order valence-corrected chi connectivity index (χ0v) is 11.4. The first kappa shape index (κ1) is 14.3. The van der Waals surface area contributed by atoms with Gasteiger partial charge in [0.2, 0.25) is 0 Å². The normalized spacial score (nSPS) is 10.3. The molecule has 0 aliphatic heterocycles. The van der Waals surface area contributed by atoms with Gasteiger partial charge >= 0.3 is 0 Å². The Hall–Kier alpha value is -2.11. The average molecular weight is 294 g/mol. The van der Waals surface area contributed by atoms with E-state index in [-0.39, 0.29) is 12.3 Å². The summed E-state index contributed by atoms with van der Waals surface area (Å²) in [6.45, 7) is 1.53. The first-order valence-electron chi connectivity index (χ1n) is 5.83. The van der Waals surface area contributed by atoms with Gasteiger partial charge in [0, 0.05) is 22.7 Å². The van der Waals surface area contributed by atoms with Gasteiger partial charge in [0.15, 0.2) is 0 Å². The zero-order valence-electron chi connectivity index (χ0n) is 10.7. The van der Waals surface area contributed by atoms with Gasteiger partial charge in [-0.2, -0.15) is 0 Å². The highest BCUT2D eigenvalue weighted by atomic mass is 35.5. The van der Waals surface area contributed by atoms with Gasteiger partial charge in [-0.3, -0.25) is 10.1 Å². The lowest BCUT2D eigenvalue weighted by atomic mass is 10.2. The molecule has 0 heterocycles. The molecule has 2 aromatic carbocycles. The number of non-ortho nitro benzene ring substituents is 1. The summed E-state index contributed by atoms with van der Waals surface area (Å²) in [5.41, 5.74) is 1.22. The van der Waals surface area contributed by atoms with Crippen LogP contribution in [0.5, 0.6) is 11.5 Å². The van der Waals surface area contributed by atoms with Crippen molar-refractivity contribution in [2.45, 2.75) is 13.5 Å². The average Bonchev–Trinajstić information content (AvgIpc) is 2.41. The number of ether oxygens (including phenoxy) is 1. The second-order valence-electron chi connectivity index (χ2n) is 4.22. The number of nitro groups is 1. The first-order chi connectivity index (χ1) is 9.51. The highest BCUT2D eigenvalue weighted by molar-refractivity contribution is 6.30. The van der Waals surface area contributed by atoms with E-state index in [2.05, 4.69) is 0 Å². The Labute approximate surface area is 120 Å². The summed E-state index contributed by atoms with van der Waals surface area (Å²) in [6.07, 6.45) is 0. The van der Waals surface area contributed by atoms with Gasteiger partial charge in [0.25, 0.3) is 5.69 Å². The van der Waals surface area contributed by atoms with Crippen molar-refractivity contribution in [2.24, 2.45) is 0 Å². The minimum atomic E-state index is -0.463. The van der Waals surface area contributed by atoms with E-state index in [9.17, 15) is 15.2 Å². The number of aliphatic hydroxyl groups is 1. The Morgan fingerprint density at radius 1 is 1.25 bits per heavy atom. The van der Waals surface area contributed by atoms with Crippen molar-refractivity contribution in [1.82, 2.24) is 0 Å². The number of halogens is 1. The number of rotatable bonds is 4. The van der Waals surface area contributed by atoms with Crippen LogP contribution in [0.2, 0.25) is 5.02 Å². The fourth-order valence-corrected chi connectivity index (χ4v) is 1.90. The number of hydrogen-bond donors (Lipinski definition) is 1. The third-order valence-corrected chi connectivity index (χ3v) is 3.02. The van der Waals surface area contributed by atoms with Crippen LogP contribution < -0.4 is 4.74 Å². The van der Waals surface area contributed by atoms with Crippen molar-refractivity contribution < 1.29 is 14.8 Å². The smallest absolute Gasteiger partial charge is 0.269 e. The number of nitrogens with zero attached hydrogens (tertiary/aromatic N) is 1. The molecule has 1 N–H and O–H groups in total. The highest BCUT2D eigenvalue weighted by Crippen LogP contribution is 2.31. The quantitative estimate of drug-likeness (QED) is 0.686. The van der Waals surface area contributed by atoms with Crippen molar-refractivity contribution in [3.8, 4) is 11.5 Å². The van der Waals surface area contributed by atoms with Crippen LogP contribution in [0.1, 0.15) is 11.1 Å². The van der Waals surface area contributed by atoms with Gasteiger partial charge in [-0.25, -0.2) is 0 Å². The van der Waals surface area contributed by atoms with E-state index in [1.54, 1.807) is 25.1 Å². The second-order valence-corrected chi connectivity index (χ2v) is 4.66. The van der Waals surface area contributed by atoms with E-state index in [0.717, 1.165) is 0 Å². The lowest BCUT2D eigenvalue weighted by Gasteiger charge is -2.12. The molecule has 0 bridgehead atoms. The van der Waals surface area contributed by atoms with Crippen molar-refractivity contribution in [3.63, 3.8) is 0 Å². The fourth-order valence-electron chi connectivity index (χ4n) is 1.73. The van der Waals surface area contributed by atoms with Crippen LogP contribution in [0.3, 0.4) is 0 Å². The monoisotopic (exact) mass is 293 g/mol. The number of benzene rings is 2. The standard InChI is InChI=1S/C14H12ClNO4/c1-9-6-12(16(18)19)4-5-13(9)20-14-7-11(15)3-2-10(14)8-17/h2-7,17H,8H2,1H3. The molecule has 0 saturated carbocycles. The van der Waals surface area contributed by atoms with Gasteiger partial charge < -0.3 is 9.84 Å². The molecule has 0 spiro atoms. The zero-order chi connectivity index (χ0) is 14.7. The van der Waals surface area contributed by atoms with Crippen LogP contribution in [0.15, 0.2) is 36.4 Å². The fraction of sp³-hybridized carbons (Fsp3) is 0.143. The van der Waals surface area contributed by atoms with Crippen molar-refractivity contribution in [2.75, 3.05) is 0 Å². The Bertz CT molecular complexity index is 658. The molecule has 20 heavy (non-hydrogen) atoms. The molecule has 0 radical (unpaired) electrons. The molecule has 0 aliphatic rings. The molecule has 0 unspecified atom stereocenters. The Morgan fingerprint density at radius 2 is 2.00 bits per heavy atom. The first-order valence-corrected chi connectivity index (χ1v) is 6.21. The number of aliphatic hydroxyl groups excluding tert-OH is 1. The molecule has 0 aliphatic carbocycles. The maximum atomic E-state index is 10.7. The minimum absolute atomic E-state index is 0.00308. The van der Waals surface area contributed by atoms with Gasteiger partial charge in [-0.05, 0) is 30.7 Å². The van der Waals surface area contributed by atoms with Crippen LogP contribution >= 0.6 is 11.6 Å². The van der Waals surface area contributed by atoms with E-state index in [1.807, 2.05) is 0 Å². The van der Waals surface area contributed by atoms with E-state index in [4.69, 9.17) is 16.3 Å². The van der Waals surface area contributed by atoms with Crippen molar-refractivity contribution >= 4 is 17.3 Å². The van der Waals surface area contributed by atoms with Crippen molar-refractivity contribution in [1.29, 1.82) is 0 Å². The van der Waals surface area contributed by atoms with E-state index in [0.29, 0.717) is 27.6 Å². The molecule has 104 valence electrons. The molecular formula is C14H12ClNO4. The van der Waals surface area contributed by atoms with Gasteiger partial charge in [0.1, 0.15) is 11.5 Å². The number of nitro benzene ring substituents is 1. The summed E-state index contributed by atoms with van der Waals surface area (Å²) in [5, 5.41) is 20.4. The van der Waals surface area contributed by atoms with Crippen molar-refractivity contribution in [3.05, 3.63) is 62.7 Å². The predicted octanol–water partition coefficient (Wildman–Crippen LogP) is 3.84. The van der Waals surface area contributed by atoms with Gasteiger partial charge in [0.05, 0.1) is 11.5 Å². The second kappa shape index (κ2) is 5.90. The number of hydrogen-bond acceptors (Lipinski definition) is 4. The molecule has 0 atom stereocenters. The maximum absolute atomic E-state index is 10.7. The summed E-state index contributed by atoms with van der Waals surface area (Å²) in [4.78, 5) is 10.2. The molecule has 2 rings (SSSR count). The molecule has 6 heteroatoms. The van der Waals surface area contributed by atoms with E-state index < -0.39 is 4.92 Å². The lowest BCUT2D eigenvalue weighted by molar-refractivity contribution is -0.384. The van der Waals surface area contributed by atoms with Gasteiger partial charge in [-0.1, -0.05) is 17.7 Å². The maximum Gasteiger partial charge on any atom is 0.269 e. The molecule has 0 aromatic heterocycles. The minimum Gasteiger partial charge on any atom is -0.457 e. The predicted molar refractivity (Wildman–Crippen MR) is 75.3 cm³/mol. The third kappa shape index (κ3) is 3.07. The van der Waals surface area contributed by atoms with Crippen LogP contribution in [0.4, 0.5) is 5.69 Å². The molecule has 2 aromatic rings. The van der Waals surface area contributed by atoms with Gasteiger partial charge in [-0.15, -0.1) is 0 Å². The lowest BCUT2D eigenvalue weighted by Crippen LogP contribution is -1.95. The number of aryl methyl sites for hydroxylation is 1. The molecule has 5 nitrogen and oxygen atoms in total. The topological polar surface area (TPSA) is 72.6 Å². The third-order valence-electron chi connectivity index (χ3n) is 2.79. The Balaban J connectivity index is 2.35. The van der Waals surface area contributed by atoms with Crippen LogP contribution in [-0.2, 0) is 6.61 Å². The van der Waals surface area contributed by atoms with Crippen LogP contribution in [0, 0.1) is 17.0 Å². The molecule has 0 amide bonds. The molecule has 0 fully saturated rings. The summed E-state index contributed by atoms with van der Waals surface area (Å²) in [6, 6.07) is 9.23. The summed E-state index contributed by atoms with van der Waals surface area (Å²) in [5.74, 6) is 0.907. The summed E-state index contributed by atoms with van der Waals surface area (Å²) in [7, 11) is 0. The Morgan fingerprint density at radius 3 is 2.60 bits per heavy atom. The SMILES string of the molecule is Cc1cc([N+](=O)[O-])ccc1Oc1cc(Cl)ccc1CO. The largest absolute Gasteiger partial charge is 0.457 e. The molecule has 0 saturated heterocycles. The van der Waals surface area contributed by atoms with E-state index >= 15 is 0 Å². The van der Waals surface area contributed by atoms with Crippen LogP contribution in [0.25, 0.3) is 0 Å². The van der Waals surface area contributed by atoms with E-state index in [1.165, 1.54) is 18.2 Å². The summed E-state index contributed by atoms with van der Waals surface area (Å²) < 4.78 is 5.68. The summed E-state index contributed by atoms with van der Waals surface area (Å²) >= 11 is 5.90. The molecular weight excluding hydrogens is 282 g/mol. The van der Waals surface area contributed by atoms with Crippen LogP contribution in [-0.4, -0.2) is 10.0 Å². The highest BCUT2D eigenvalue weighted by Gasteiger charge is 2.11. The Kier molecular flexibility index (Phi) is 4.22.